The summed E-state index contributed by atoms with van der Waals surface area (Å²) in [6, 6.07) is 9.61. The van der Waals surface area contributed by atoms with Crippen molar-refractivity contribution in [3.8, 4) is 0 Å². The van der Waals surface area contributed by atoms with Crippen LogP contribution >= 0.6 is 0 Å². The second kappa shape index (κ2) is 10.4. The van der Waals surface area contributed by atoms with E-state index in [2.05, 4.69) is 20.5 Å². The zero-order valence-electron chi connectivity index (χ0n) is 16.0. The Labute approximate surface area is 165 Å². The van der Waals surface area contributed by atoms with Crippen molar-refractivity contribution in [2.24, 2.45) is 0 Å². The van der Waals surface area contributed by atoms with Gasteiger partial charge in [-0.25, -0.2) is 4.98 Å². The molecule has 148 valence electrons. The maximum atomic E-state index is 12.3. The van der Waals surface area contributed by atoms with Crippen LogP contribution < -0.4 is 10.6 Å². The Hall–Kier alpha value is -2.93. The van der Waals surface area contributed by atoms with E-state index in [1.54, 1.807) is 12.5 Å². The average molecular weight is 381 g/mol. The molecule has 1 aromatic heterocycles. The number of carbonyl (C=O) groups excluding carboxylic acids is 2. The van der Waals surface area contributed by atoms with Gasteiger partial charge in [0, 0.05) is 45.1 Å². The monoisotopic (exact) mass is 381 g/mol. The van der Waals surface area contributed by atoms with Gasteiger partial charge in [0.05, 0.1) is 18.8 Å². The minimum Gasteiger partial charge on any atom is -0.356 e. The highest BCUT2D eigenvalue weighted by atomic mass is 16.2. The summed E-state index contributed by atoms with van der Waals surface area (Å²) in [4.78, 5) is 30.6. The number of nitrogens with one attached hydrogen (secondary N) is 2. The number of carbonyl (C=O) groups is 2. The predicted octanol–water partition coefficient (Wildman–Crippen LogP) is 1.29. The first-order valence-electron chi connectivity index (χ1n) is 9.68. The number of hydrogen-bond donors (Lipinski definition) is 2. The van der Waals surface area contributed by atoms with Crippen LogP contribution in [0.15, 0.2) is 55.1 Å². The quantitative estimate of drug-likeness (QED) is 0.642. The Morgan fingerprint density at radius 1 is 1.32 bits per heavy atom. The number of nitrogens with zero attached hydrogens (tertiary/aromatic N) is 3. The number of imidazole rings is 1. The predicted molar refractivity (Wildman–Crippen MR) is 108 cm³/mol. The van der Waals surface area contributed by atoms with Gasteiger partial charge in [0.2, 0.25) is 11.8 Å². The van der Waals surface area contributed by atoms with E-state index in [9.17, 15) is 9.59 Å². The average Bonchev–Trinajstić information content (AvgIpc) is 3.22. The third-order valence-corrected chi connectivity index (χ3v) is 4.74. The SMILES string of the molecule is O=C(C[C@@H]1C(=O)NCCN1C/C=C/c1ccccc1)NCCCn1ccnc1. The number of benzene rings is 1. The smallest absolute Gasteiger partial charge is 0.237 e. The standard InChI is InChI=1S/C21H27N5O2/c27-20(23-9-5-12-25-14-10-22-17-25)16-19-21(28)24-11-15-26(19)13-4-8-18-6-2-1-3-7-18/h1-4,6-8,10,14,17,19H,5,9,11-13,15-16H2,(H,23,27)(H,24,28)/b8-4+/t19-/m1/s1. The minimum atomic E-state index is -0.428. The lowest BCUT2D eigenvalue weighted by atomic mass is 10.1. The van der Waals surface area contributed by atoms with Gasteiger partial charge in [-0.15, -0.1) is 0 Å². The summed E-state index contributed by atoms with van der Waals surface area (Å²) in [7, 11) is 0. The third kappa shape index (κ3) is 6.06. The van der Waals surface area contributed by atoms with E-state index in [0.717, 1.165) is 25.1 Å². The van der Waals surface area contributed by atoms with Crippen molar-refractivity contribution in [2.75, 3.05) is 26.2 Å². The van der Waals surface area contributed by atoms with E-state index in [-0.39, 0.29) is 18.2 Å². The van der Waals surface area contributed by atoms with Crippen LogP contribution in [-0.2, 0) is 16.1 Å². The number of aryl methyl sites for hydroxylation is 1. The number of aromatic nitrogens is 2. The van der Waals surface area contributed by atoms with E-state index < -0.39 is 6.04 Å². The number of rotatable bonds is 9. The van der Waals surface area contributed by atoms with Crippen molar-refractivity contribution in [1.82, 2.24) is 25.1 Å². The highest BCUT2D eigenvalue weighted by molar-refractivity contribution is 5.88. The van der Waals surface area contributed by atoms with Crippen molar-refractivity contribution in [3.63, 3.8) is 0 Å². The van der Waals surface area contributed by atoms with Crippen LogP contribution in [0, 0.1) is 0 Å². The molecule has 2 amide bonds. The topological polar surface area (TPSA) is 79.3 Å². The van der Waals surface area contributed by atoms with E-state index in [1.165, 1.54) is 0 Å². The van der Waals surface area contributed by atoms with Gasteiger partial charge in [0.1, 0.15) is 0 Å². The van der Waals surface area contributed by atoms with Crippen LogP contribution in [0.4, 0.5) is 0 Å². The first-order chi connectivity index (χ1) is 13.7. The molecule has 0 bridgehead atoms. The van der Waals surface area contributed by atoms with E-state index in [0.29, 0.717) is 19.6 Å². The van der Waals surface area contributed by atoms with Crippen LogP contribution in [0.2, 0.25) is 0 Å². The highest BCUT2D eigenvalue weighted by Gasteiger charge is 2.30. The number of amides is 2. The van der Waals surface area contributed by atoms with Gasteiger partial charge in [-0.1, -0.05) is 42.5 Å². The Morgan fingerprint density at radius 3 is 2.96 bits per heavy atom. The molecule has 0 aliphatic carbocycles. The summed E-state index contributed by atoms with van der Waals surface area (Å²) in [5, 5.41) is 5.78. The van der Waals surface area contributed by atoms with Crippen molar-refractivity contribution in [2.45, 2.75) is 25.4 Å². The Morgan fingerprint density at radius 2 is 2.18 bits per heavy atom. The second-order valence-corrected chi connectivity index (χ2v) is 6.82. The van der Waals surface area contributed by atoms with Crippen LogP contribution in [0.1, 0.15) is 18.4 Å². The fourth-order valence-electron chi connectivity index (χ4n) is 3.25. The van der Waals surface area contributed by atoms with E-state index in [4.69, 9.17) is 0 Å². The molecule has 1 aliphatic heterocycles. The summed E-state index contributed by atoms with van der Waals surface area (Å²) in [6.45, 7) is 3.38. The molecular weight excluding hydrogens is 354 g/mol. The molecular formula is C21H27N5O2. The zero-order valence-corrected chi connectivity index (χ0v) is 16.0. The van der Waals surface area contributed by atoms with Gasteiger partial charge in [0.15, 0.2) is 0 Å². The zero-order chi connectivity index (χ0) is 19.6. The van der Waals surface area contributed by atoms with Crippen molar-refractivity contribution in [1.29, 1.82) is 0 Å². The normalized spacial score (nSPS) is 17.6. The summed E-state index contributed by atoms with van der Waals surface area (Å²) < 4.78 is 1.97. The molecule has 2 aromatic rings. The molecule has 1 aliphatic rings. The minimum absolute atomic E-state index is 0.0760. The molecule has 7 nitrogen and oxygen atoms in total. The van der Waals surface area contributed by atoms with Crippen LogP contribution in [-0.4, -0.2) is 58.5 Å². The molecule has 1 aromatic carbocycles. The maximum Gasteiger partial charge on any atom is 0.237 e. The molecule has 0 saturated carbocycles. The first-order valence-corrected chi connectivity index (χ1v) is 9.68. The lowest BCUT2D eigenvalue weighted by molar-refractivity contribution is -0.133. The molecule has 0 spiro atoms. The fourth-order valence-corrected chi connectivity index (χ4v) is 3.25. The fraction of sp³-hybridized carbons (Fsp3) is 0.381. The van der Waals surface area contributed by atoms with Gasteiger partial charge < -0.3 is 15.2 Å². The first kappa shape index (κ1) is 19.8. The molecule has 3 rings (SSSR count). The molecule has 2 N–H and O–H groups in total. The largest absolute Gasteiger partial charge is 0.356 e. The van der Waals surface area contributed by atoms with Gasteiger partial charge >= 0.3 is 0 Å². The molecule has 2 heterocycles. The molecule has 0 radical (unpaired) electrons. The molecule has 28 heavy (non-hydrogen) atoms. The van der Waals surface area contributed by atoms with Crippen LogP contribution in [0.5, 0.6) is 0 Å². The number of piperazine rings is 1. The Bertz CT molecular complexity index is 773. The maximum absolute atomic E-state index is 12.3. The van der Waals surface area contributed by atoms with E-state index >= 15 is 0 Å². The lowest BCUT2D eigenvalue weighted by Gasteiger charge is -2.33. The van der Waals surface area contributed by atoms with Crippen molar-refractivity contribution < 1.29 is 9.59 Å². The lowest BCUT2D eigenvalue weighted by Crippen LogP contribution is -2.56. The van der Waals surface area contributed by atoms with Crippen molar-refractivity contribution >= 4 is 17.9 Å². The highest BCUT2D eigenvalue weighted by Crippen LogP contribution is 2.10. The summed E-state index contributed by atoms with van der Waals surface area (Å²) >= 11 is 0. The van der Waals surface area contributed by atoms with Crippen LogP contribution in [0.3, 0.4) is 0 Å². The van der Waals surface area contributed by atoms with E-state index in [1.807, 2.05) is 53.2 Å². The van der Waals surface area contributed by atoms with Gasteiger partial charge in [-0.3, -0.25) is 14.5 Å². The van der Waals surface area contributed by atoms with Crippen molar-refractivity contribution in [3.05, 3.63) is 60.7 Å². The summed E-state index contributed by atoms with van der Waals surface area (Å²) in [5.74, 6) is -0.169. The summed E-state index contributed by atoms with van der Waals surface area (Å²) in [6.07, 6.45) is 10.5. The molecule has 1 fully saturated rings. The Kier molecular flexibility index (Phi) is 7.37. The molecule has 1 saturated heterocycles. The summed E-state index contributed by atoms with van der Waals surface area (Å²) in [5.41, 5.74) is 1.12. The Balaban J connectivity index is 1.45. The van der Waals surface area contributed by atoms with Gasteiger partial charge in [-0.2, -0.15) is 0 Å². The number of hydrogen-bond acceptors (Lipinski definition) is 4. The van der Waals surface area contributed by atoms with Gasteiger partial charge in [0.25, 0.3) is 0 Å². The second-order valence-electron chi connectivity index (χ2n) is 6.82. The van der Waals surface area contributed by atoms with Crippen LogP contribution in [0.25, 0.3) is 6.08 Å². The molecule has 0 unspecified atom stereocenters. The molecule has 1 atom stereocenters. The molecule has 7 heteroatoms. The van der Waals surface area contributed by atoms with Gasteiger partial charge in [-0.05, 0) is 12.0 Å². The third-order valence-electron chi connectivity index (χ3n) is 4.74.